The van der Waals surface area contributed by atoms with E-state index in [2.05, 4.69) is 45.1 Å². The molecule has 1 aliphatic rings. The summed E-state index contributed by atoms with van der Waals surface area (Å²) in [6.45, 7) is 6.61. The zero-order valence-electron chi connectivity index (χ0n) is 12.1. The Hall–Kier alpha value is -0.740. The lowest BCUT2D eigenvalue weighted by molar-refractivity contribution is 0.154. The maximum absolute atomic E-state index is 12.7. The Morgan fingerprint density at radius 3 is 2.48 bits per heavy atom. The second-order valence-electron chi connectivity index (χ2n) is 5.18. The van der Waals surface area contributed by atoms with Gasteiger partial charge in [0.05, 0.1) is 0 Å². The molecule has 1 saturated heterocycles. The van der Waals surface area contributed by atoms with E-state index in [0.29, 0.717) is 23.6 Å². The third kappa shape index (κ3) is 3.54. The largest absolute Gasteiger partial charge is 0.307 e. The van der Waals surface area contributed by atoms with Crippen LogP contribution in [-0.2, 0) is 10.0 Å². The number of anilines is 1. The van der Waals surface area contributed by atoms with Crippen LogP contribution in [0, 0.1) is 0 Å². The Bertz CT molecular complexity index is 600. The molecule has 7 nitrogen and oxygen atoms in total. The van der Waals surface area contributed by atoms with Crippen LogP contribution in [0.2, 0.25) is 0 Å². The summed E-state index contributed by atoms with van der Waals surface area (Å²) < 4.78 is 27.6. The number of rotatable bonds is 4. The molecule has 1 aromatic rings. The van der Waals surface area contributed by atoms with Crippen molar-refractivity contribution in [1.82, 2.24) is 14.2 Å². The predicted molar refractivity (Wildman–Crippen MR) is 85.2 cm³/mol. The Morgan fingerprint density at radius 1 is 1.33 bits per heavy atom. The smallest absolute Gasteiger partial charge is 0.246 e. The number of nitrogens with one attached hydrogen (secondary N) is 1. The lowest BCUT2D eigenvalue weighted by atomic mass is 10.3. The number of hydrogen-bond donors (Lipinski definition) is 2. The number of hydrazine groups is 1. The molecule has 0 spiro atoms. The van der Waals surface area contributed by atoms with E-state index in [9.17, 15) is 8.42 Å². The third-order valence-electron chi connectivity index (χ3n) is 3.58. The van der Waals surface area contributed by atoms with Crippen LogP contribution in [0.3, 0.4) is 0 Å². The minimum Gasteiger partial charge on any atom is -0.307 e. The predicted octanol–water partition coefficient (Wildman–Crippen LogP) is 0.844. The van der Waals surface area contributed by atoms with E-state index in [1.165, 1.54) is 16.6 Å². The van der Waals surface area contributed by atoms with Crippen molar-refractivity contribution < 1.29 is 8.42 Å². The molecule has 0 bridgehead atoms. The first-order valence-corrected chi connectivity index (χ1v) is 8.96. The molecule has 0 amide bonds. The van der Waals surface area contributed by atoms with Gasteiger partial charge in [-0.1, -0.05) is 0 Å². The molecule has 118 valence electrons. The summed E-state index contributed by atoms with van der Waals surface area (Å²) in [5.41, 5.74) is 2.35. The standard InChI is InChI=1S/C12H20BrN5O2S/c1-9(2)17-3-5-18(6-4-17)21(19,20)11-7-10(13)8-15-12(11)16-14/h7-9H,3-6,14H2,1-2H3,(H,15,16). The molecule has 3 N–H and O–H groups in total. The molecule has 21 heavy (non-hydrogen) atoms. The molecule has 0 aromatic carbocycles. The molecular weight excluding hydrogens is 358 g/mol. The molecule has 1 aromatic heterocycles. The molecule has 0 unspecified atom stereocenters. The number of sulfonamides is 1. The van der Waals surface area contributed by atoms with Gasteiger partial charge in [0, 0.05) is 42.9 Å². The minimum absolute atomic E-state index is 0.0948. The summed E-state index contributed by atoms with van der Waals surface area (Å²) in [4.78, 5) is 6.35. The lowest BCUT2D eigenvalue weighted by Gasteiger charge is -2.36. The van der Waals surface area contributed by atoms with Crippen molar-refractivity contribution in [3.8, 4) is 0 Å². The topological polar surface area (TPSA) is 91.6 Å². The van der Waals surface area contributed by atoms with Crippen molar-refractivity contribution in [2.24, 2.45) is 5.84 Å². The minimum atomic E-state index is -3.60. The van der Waals surface area contributed by atoms with Gasteiger partial charge in [-0.25, -0.2) is 19.2 Å². The van der Waals surface area contributed by atoms with Crippen molar-refractivity contribution in [3.05, 3.63) is 16.7 Å². The van der Waals surface area contributed by atoms with E-state index < -0.39 is 10.0 Å². The molecule has 1 aliphatic heterocycles. The van der Waals surface area contributed by atoms with Gasteiger partial charge in [0.1, 0.15) is 4.90 Å². The quantitative estimate of drug-likeness (QED) is 0.596. The highest BCUT2D eigenvalue weighted by Gasteiger charge is 2.31. The summed E-state index contributed by atoms with van der Waals surface area (Å²) in [6.07, 6.45) is 1.50. The van der Waals surface area contributed by atoms with Gasteiger partial charge in [0.25, 0.3) is 0 Å². The van der Waals surface area contributed by atoms with Gasteiger partial charge in [-0.15, -0.1) is 0 Å². The molecule has 1 fully saturated rings. The maximum atomic E-state index is 12.7. The second-order valence-corrected chi connectivity index (χ2v) is 8.00. The Kier molecular flexibility index (Phi) is 5.20. The third-order valence-corrected chi connectivity index (χ3v) is 5.92. The molecular formula is C12H20BrN5O2S. The number of aromatic nitrogens is 1. The first-order chi connectivity index (χ1) is 9.86. The Balaban J connectivity index is 2.25. The van der Waals surface area contributed by atoms with Gasteiger partial charge in [0.15, 0.2) is 5.82 Å². The Morgan fingerprint density at radius 2 is 1.95 bits per heavy atom. The molecule has 2 heterocycles. The van der Waals surface area contributed by atoms with Gasteiger partial charge in [-0.3, -0.25) is 4.90 Å². The van der Waals surface area contributed by atoms with Crippen LogP contribution in [-0.4, -0.2) is 54.8 Å². The van der Waals surface area contributed by atoms with Crippen LogP contribution in [0.1, 0.15) is 13.8 Å². The van der Waals surface area contributed by atoms with E-state index in [1.807, 2.05) is 0 Å². The number of nitrogen functional groups attached to an aromatic ring is 1. The van der Waals surface area contributed by atoms with E-state index in [-0.39, 0.29) is 10.7 Å². The molecule has 0 atom stereocenters. The van der Waals surface area contributed by atoms with E-state index in [0.717, 1.165) is 13.1 Å². The fraction of sp³-hybridized carbons (Fsp3) is 0.583. The van der Waals surface area contributed by atoms with Crippen LogP contribution in [0.4, 0.5) is 5.82 Å². The average Bonchev–Trinajstić information content (AvgIpc) is 2.47. The maximum Gasteiger partial charge on any atom is 0.246 e. The lowest BCUT2D eigenvalue weighted by Crippen LogP contribution is -2.50. The number of piperazine rings is 1. The van der Waals surface area contributed by atoms with E-state index >= 15 is 0 Å². The van der Waals surface area contributed by atoms with Gasteiger partial charge < -0.3 is 5.43 Å². The summed E-state index contributed by atoms with van der Waals surface area (Å²) in [5.74, 6) is 5.53. The number of nitrogens with two attached hydrogens (primary N) is 1. The SMILES string of the molecule is CC(C)N1CCN(S(=O)(=O)c2cc(Br)cnc2NN)CC1. The zero-order chi connectivity index (χ0) is 15.6. The van der Waals surface area contributed by atoms with Crippen molar-refractivity contribution in [2.75, 3.05) is 31.6 Å². The zero-order valence-corrected chi connectivity index (χ0v) is 14.5. The van der Waals surface area contributed by atoms with Crippen molar-refractivity contribution in [1.29, 1.82) is 0 Å². The van der Waals surface area contributed by atoms with Crippen LogP contribution >= 0.6 is 15.9 Å². The van der Waals surface area contributed by atoms with Crippen molar-refractivity contribution >= 4 is 31.8 Å². The molecule has 0 radical (unpaired) electrons. The summed E-state index contributed by atoms with van der Waals surface area (Å²) >= 11 is 3.25. The summed E-state index contributed by atoms with van der Waals surface area (Å²) in [7, 11) is -3.60. The fourth-order valence-corrected chi connectivity index (χ4v) is 4.36. The van der Waals surface area contributed by atoms with Gasteiger partial charge in [-0.2, -0.15) is 4.31 Å². The van der Waals surface area contributed by atoms with E-state index in [4.69, 9.17) is 5.84 Å². The number of hydrogen-bond acceptors (Lipinski definition) is 6. The summed E-state index contributed by atoms with van der Waals surface area (Å²) in [6, 6.07) is 1.94. The normalized spacial score (nSPS) is 18.1. The van der Waals surface area contributed by atoms with Gasteiger partial charge in [0.2, 0.25) is 10.0 Å². The monoisotopic (exact) mass is 377 g/mol. The summed E-state index contributed by atoms with van der Waals surface area (Å²) in [5, 5.41) is 0. The first-order valence-electron chi connectivity index (χ1n) is 6.72. The van der Waals surface area contributed by atoms with Gasteiger partial charge in [-0.05, 0) is 35.8 Å². The fourth-order valence-electron chi connectivity index (χ4n) is 2.33. The number of halogens is 1. The van der Waals surface area contributed by atoms with Crippen molar-refractivity contribution in [3.63, 3.8) is 0 Å². The molecule has 0 saturated carbocycles. The first kappa shape index (κ1) is 16.6. The van der Waals surface area contributed by atoms with Crippen LogP contribution in [0.25, 0.3) is 0 Å². The highest BCUT2D eigenvalue weighted by molar-refractivity contribution is 9.10. The number of pyridine rings is 1. The van der Waals surface area contributed by atoms with Gasteiger partial charge >= 0.3 is 0 Å². The highest BCUT2D eigenvalue weighted by atomic mass is 79.9. The molecule has 2 rings (SSSR count). The number of nitrogens with zero attached hydrogens (tertiary/aromatic N) is 3. The molecule has 9 heteroatoms. The molecule has 0 aliphatic carbocycles. The van der Waals surface area contributed by atoms with Crippen LogP contribution < -0.4 is 11.3 Å². The van der Waals surface area contributed by atoms with E-state index in [1.54, 1.807) is 0 Å². The van der Waals surface area contributed by atoms with Crippen LogP contribution in [0.15, 0.2) is 21.6 Å². The second kappa shape index (κ2) is 6.57. The van der Waals surface area contributed by atoms with Crippen molar-refractivity contribution in [2.45, 2.75) is 24.8 Å². The highest BCUT2D eigenvalue weighted by Crippen LogP contribution is 2.26. The average molecular weight is 378 g/mol. The van der Waals surface area contributed by atoms with Crippen LogP contribution in [0.5, 0.6) is 0 Å². The Labute approximate surface area is 133 Å².